The molecule has 0 heterocycles. The quantitative estimate of drug-likeness (QED) is 0.579. The highest BCUT2D eigenvalue weighted by Gasteiger charge is 2.53. The number of alkyl halides is 4. The Kier molecular flexibility index (Phi) is 4.82. The van der Waals surface area contributed by atoms with Crippen LogP contribution in [0.5, 0.6) is 11.5 Å². The summed E-state index contributed by atoms with van der Waals surface area (Å²) < 4.78 is 61.8. The summed E-state index contributed by atoms with van der Waals surface area (Å²) >= 11 is 0. The van der Waals surface area contributed by atoms with Crippen LogP contribution in [0.2, 0.25) is 0 Å². The molecule has 128 valence electrons. The molecule has 1 unspecified atom stereocenters. The van der Waals surface area contributed by atoms with Crippen molar-refractivity contribution >= 4 is 5.97 Å². The molecule has 0 aliphatic carbocycles. The number of ether oxygens (including phenoxy) is 2. The maximum atomic E-state index is 13.8. The van der Waals surface area contributed by atoms with Crippen LogP contribution in [0.15, 0.2) is 48.5 Å². The van der Waals surface area contributed by atoms with Crippen molar-refractivity contribution in [3.05, 3.63) is 59.7 Å². The first-order valence-electron chi connectivity index (χ1n) is 6.87. The molecule has 0 saturated heterocycles. The van der Waals surface area contributed by atoms with Crippen molar-refractivity contribution in [2.75, 3.05) is 7.11 Å². The van der Waals surface area contributed by atoms with Gasteiger partial charge >= 0.3 is 12.1 Å². The molecule has 0 fully saturated rings. The summed E-state index contributed by atoms with van der Waals surface area (Å²) in [5, 5.41) is 0. The van der Waals surface area contributed by atoms with Gasteiger partial charge in [0.05, 0.1) is 12.7 Å². The third-order valence-corrected chi connectivity index (χ3v) is 3.44. The van der Waals surface area contributed by atoms with Crippen LogP contribution in [0, 0.1) is 0 Å². The molecule has 0 N–H and O–H groups in total. The van der Waals surface area contributed by atoms with E-state index in [9.17, 15) is 22.4 Å². The summed E-state index contributed by atoms with van der Waals surface area (Å²) in [4.78, 5) is 11.3. The van der Waals surface area contributed by atoms with Gasteiger partial charge in [-0.2, -0.15) is 13.2 Å². The number of hydrogen-bond donors (Lipinski definition) is 0. The number of esters is 1. The van der Waals surface area contributed by atoms with Gasteiger partial charge in [0.2, 0.25) is 5.67 Å². The average molecular weight is 342 g/mol. The minimum atomic E-state index is -5.00. The Labute approximate surface area is 135 Å². The van der Waals surface area contributed by atoms with E-state index in [0.29, 0.717) is 18.2 Å². The third-order valence-electron chi connectivity index (χ3n) is 3.44. The SMILES string of the molecule is COC(=O)c1ccc(Oc2ccc(C(C)(F)C(F)(F)F)cc2)cc1. The van der Waals surface area contributed by atoms with Crippen molar-refractivity contribution in [2.24, 2.45) is 0 Å². The Morgan fingerprint density at radius 2 is 1.33 bits per heavy atom. The first-order chi connectivity index (χ1) is 11.1. The summed E-state index contributed by atoms with van der Waals surface area (Å²) in [5.41, 5.74) is -3.62. The predicted octanol–water partition coefficient (Wildman–Crippen LogP) is 5.01. The topological polar surface area (TPSA) is 35.5 Å². The highest BCUT2D eigenvalue weighted by molar-refractivity contribution is 5.89. The fraction of sp³-hybridized carbons (Fsp3) is 0.235. The zero-order valence-corrected chi connectivity index (χ0v) is 12.9. The Morgan fingerprint density at radius 3 is 1.75 bits per heavy atom. The summed E-state index contributed by atoms with van der Waals surface area (Å²) in [5.74, 6) is 0.108. The monoisotopic (exact) mass is 342 g/mol. The highest BCUT2D eigenvalue weighted by atomic mass is 19.4. The Hall–Kier alpha value is -2.57. The minimum absolute atomic E-state index is 0.238. The highest BCUT2D eigenvalue weighted by Crippen LogP contribution is 2.42. The standard InChI is InChI=1S/C17H14F4O3/c1-16(18,17(19,20)21)12-5-9-14(10-6-12)24-13-7-3-11(4-8-13)15(22)23-2/h3-10H,1-2H3. The molecule has 0 aliphatic heterocycles. The fourth-order valence-corrected chi connectivity index (χ4v) is 1.91. The average Bonchev–Trinajstić information content (AvgIpc) is 2.54. The first kappa shape index (κ1) is 17.8. The zero-order chi connectivity index (χ0) is 18.0. The van der Waals surface area contributed by atoms with E-state index in [2.05, 4.69) is 4.74 Å². The van der Waals surface area contributed by atoms with Gasteiger partial charge in [0.1, 0.15) is 11.5 Å². The van der Waals surface area contributed by atoms with Crippen LogP contribution < -0.4 is 4.74 Å². The summed E-state index contributed by atoms with van der Waals surface area (Å²) in [6.07, 6.45) is -5.00. The fourth-order valence-electron chi connectivity index (χ4n) is 1.91. The first-order valence-corrected chi connectivity index (χ1v) is 6.87. The van der Waals surface area contributed by atoms with Gasteiger partial charge in [-0.1, -0.05) is 12.1 Å². The molecule has 3 nitrogen and oxygen atoms in total. The van der Waals surface area contributed by atoms with Gasteiger partial charge in [-0.3, -0.25) is 0 Å². The molecule has 0 radical (unpaired) electrons. The number of benzene rings is 2. The van der Waals surface area contributed by atoms with Crippen LogP contribution >= 0.6 is 0 Å². The number of carbonyl (C=O) groups excluding carboxylic acids is 1. The van der Waals surface area contributed by atoms with E-state index in [1.54, 1.807) is 0 Å². The van der Waals surface area contributed by atoms with Crippen LogP contribution in [-0.4, -0.2) is 19.3 Å². The van der Waals surface area contributed by atoms with Crippen LogP contribution in [0.25, 0.3) is 0 Å². The van der Waals surface area contributed by atoms with Crippen molar-refractivity contribution in [1.29, 1.82) is 0 Å². The van der Waals surface area contributed by atoms with Gasteiger partial charge in [-0.05, 0) is 48.9 Å². The Bertz CT molecular complexity index is 704. The van der Waals surface area contributed by atoms with Gasteiger partial charge < -0.3 is 9.47 Å². The maximum absolute atomic E-state index is 13.8. The number of hydrogen-bond acceptors (Lipinski definition) is 3. The maximum Gasteiger partial charge on any atom is 0.426 e. The summed E-state index contributed by atoms with van der Waals surface area (Å²) in [7, 11) is 1.26. The zero-order valence-electron chi connectivity index (χ0n) is 12.9. The molecule has 2 aromatic rings. The van der Waals surface area contributed by atoms with Gasteiger partial charge in [0, 0.05) is 0 Å². The molecule has 7 heteroatoms. The normalized spacial score (nSPS) is 13.9. The Balaban J connectivity index is 2.13. The molecule has 0 saturated carbocycles. The second-order valence-electron chi connectivity index (χ2n) is 5.14. The van der Waals surface area contributed by atoms with Crippen molar-refractivity contribution in [2.45, 2.75) is 18.8 Å². The van der Waals surface area contributed by atoms with E-state index < -0.39 is 23.4 Å². The van der Waals surface area contributed by atoms with Gasteiger partial charge in [-0.15, -0.1) is 0 Å². The minimum Gasteiger partial charge on any atom is -0.465 e. The van der Waals surface area contributed by atoms with Crippen molar-refractivity contribution in [3.63, 3.8) is 0 Å². The van der Waals surface area contributed by atoms with Crippen LogP contribution in [-0.2, 0) is 10.4 Å². The lowest BCUT2D eigenvalue weighted by Crippen LogP contribution is -2.34. The largest absolute Gasteiger partial charge is 0.465 e. The second kappa shape index (κ2) is 6.51. The van der Waals surface area contributed by atoms with Crippen LogP contribution in [0.1, 0.15) is 22.8 Å². The summed E-state index contributed by atoms with van der Waals surface area (Å²) in [6, 6.07) is 10.5. The Morgan fingerprint density at radius 1 is 0.875 bits per heavy atom. The molecule has 2 rings (SSSR count). The van der Waals surface area contributed by atoms with Gasteiger partial charge in [0.15, 0.2) is 0 Å². The van der Waals surface area contributed by atoms with E-state index in [1.165, 1.54) is 43.5 Å². The second-order valence-corrected chi connectivity index (χ2v) is 5.14. The molecule has 24 heavy (non-hydrogen) atoms. The molecular formula is C17H14F4O3. The van der Waals surface area contributed by atoms with E-state index in [0.717, 1.165) is 12.1 Å². The lowest BCUT2D eigenvalue weighted by atomic mass is 9.97. The van der Waals surface area contributed by atoms with Crippen LogP contribution in [0.3, 0.4) is 0 Å². The van der Waals surface area contributed by atoms with E-state index in [4.69, 9.17) is 4.74 Å². The van der Waals surface area contributed by atoms with Gasteiger partial charge in [0.25, 0.3) is 0 Å². The molecule has 0 aromatic heterocycles. The number of carbonyl (C=O) groups is 1. The van der Waals surface area contributed by atoms with Gasteiger partial charge in [-0.25, -0.2) is 9.18 Å². The molecule has 2 aromatic carbocycles. The smallest absolute Gasteiger partial charge is 0.426 e. The predicted molar refractivity (Wildman–Crippen MR) is 78.8 cm³/mol. The molecule has 1 atom stereocenters. The number of methoxy groups -OCH3 is 1. The van der Waals surface area contributed by atoms with E-state index in [1.807, 2.05) is 0 Å². The third kappa shape index (κ3) is 3.67. The lowest BCUT2D eigenvalue weighted by Gasteiger charge is -2.24. The van der Waals surface area contributed by atoms with Crippen molar-refractivity contribution < 1.29 is 31.8 Å². The van der Waals surface area contributed by atoms with Crippen molar-refractivity contribution in [1.82, 2.24) is 0 Å². The van der Waals surface area contributed by atoms with E-state index >= 15 is 0 Å². The van der Waals surface area contributed by atoms with Crippen molar-refractivity contribution in [3.8, 4) is 11.5 Å². The number of rotatable bonds is 4. The molecule has 0 amide bonds. The molecule has 0 spiro atoms. The molecule has 0 aliphatic rings. The summed E-state index contributed by atoms with van der Waals surface area (Å²) in [6.45, 7) is 0.467. The van der Waals surface area contributed by atoms with Crippen LogP contribution in [0.4, 0.5) is 17.6 Å². The van der Waals surface area contributed by atoms with E-state index in [-0.39, 0.29) is 5.75 Å². The molecular weight excluding hydrogens is 328 g/mol. The lowest BCUT2D eigenvalue weighted by molar-refractivity contribution is -0.228. The molecule has 0 bridgehead atoms. The number of halogens is 4.